The summed E-state index contributed by atoms with van der Waals surface area (Å²) in [5.41, 5.74) is 1.01. The summed E-state index contributed by atoms with van der Waals surface area (Å²) in [6.07, 6.45) is 5.30. The van der Waals surface area contributed by atoms with Gasteiger partial charge in [-0.25, -0.2) is 0 Å². The lowest BCUT2D eigenvalue weighted by Crippen LogP contribution is -2.21. The molecule has 1 saturated heterocycles. The monoisotopic (exact) mass is 325 g/mol. The number of benzene rings is 1. The molecule has 3 rings (SSSR count). The van der Waals surface area contributed by atoms with Gasteiger partial charge < -0.3 is 9.84 Å². The Kier molecular flexibility index (Phi) is 4.78. The summed E-state index contributed by atoms with van der Waals surface area (Å²) in [5, 5.41) is 8.67. The first-order valence-electron chi connectivity index (χ1n) is 7.22. The molecule has 6 heteroatoms. The molecule has 0 aliphatic carbocycles. The molecule has 112 valence electrons. The average molecular weight is 326 g/mol. The second-order valence-electron chi connectivity index (χ2n) is 5.33. The van der Waals surface area contributed by atoms with Gasteiger partial charge in [0.2, 0.25) is 5.89 Å². The summed E-state index contributed by atoms with van der Waals surface area (Å²) in [6.45, 7) is 1.02. The zero-order valence-corrected chi connectivity index (χ0v) is 13.1. The van der Waals surface area contributed by atoms with E-state index in [2.05, 4.69) is 15.5 Å². The molecule has 2 heterocycles. The van der Waals surface area contributed by atoms with Gasteiger partial charge in [-0.05, 0) is 37.1 Å². The summed E-state index contributed by atoms with van der Waals surface area (Å²) >= 11 is 11.9. The largest absolute Gasteiger partial charge is 0.339 e. The van der Waals surface area contributed by atoms with Crippen LogP contribution in [0.25, 0.3) is 0 Å². The second kappa shape index (κ2) is 6.77. The Hall–Kier alpha value is -1.10. The van der Waals surface area contributed by atoms with E-state index in [1.54, 1.807) is 6.07 Å². The predicted octanol–water partition coefficient (Wildman–Crippen LogP) is 4.17. The predicted molar refractivity (Wildman–Crippen MR) is 82.8 cm³/mol. The fraction of sp³-hybridized carbons (Fsp3) is 0.467. The number of nitrogens with zero attached hydrogens (tertiary/aromatic N) is 2. The van der Waals surface area contributed by atoms with Crippen molar-refractivity contribution < 1.29 is 4.52 Å². The quantitative estimate of drug-likeness (QED) is 0.920. The van der Waals surface area contributed by atoms with Crippen molar-refractivity contribution in [3.63, 3.8) is 0 Å². The number of halogens is 2. The minimum atomic E-state index is 0.207. The molecule has 1 fully saturated rings. The van der Waals surface area contributed by atoms with Crippen LogP contribution in [0.2, 0.25) is 10.0 Å². The molecule has 1 aromatic heterocycles. The number of aromatic nitrogens is 2. The Morgan fingerprint density at radius 3 is 2.95 bits per heavy atom. The van der Waals surface area contributed by atoms with E-state index in [0.717, 1.165) is 24.4 Å². The lowest BCUT2D eigenvalue weighted by Gasteiger charge is -2.09. The van der Waals surface area contributed by atoms with Crippen LogP contribution in [0.15, 0.2) is 22.7 Å². The third-order valence-electron chi connectivity index (χ3n) is 3.70. The van der Waals surface area contributed by atoms with Crippen LogP contribution in [0.4, 0.5) is 0 Å². The summed E-state index contributed by atoms with van der Waals surface area (Å²) in [6, 6.07) is 5.74. The molecule has 1 aliphatic rings. The smallest absolute Gasteiger partial charge is 0.231 e. The normalized spacial score (nSPS) is 19.4. The maximum Gasteiger partial charge on any atom is 0.231 e. The Morgan fingerprint density at radius 2 is 2.10 bits per heavy atom. The van der Waals surface area contributed by atoms with Crippen molar-refractivity contribution in [2.24, 2.45) is 0 Å². The Labute approximate surface area is 133 Å². The molecular formula is C15H17Cl2N3O. The van der Waals surface area contributed by atoms with Crippen LogP contribution >= 0.6 is 23.2 Å². The highest BCUT2D eigenvalue weighted by Crippen LogP contribution is 2.24. The van der Waals surface area contributed by atoms with E-state index in [9.17, 15) is 0 Å². The summed E-state index contributed by atoms with van der Waals surface area (Å²) in [4.78, 5) is 4.51. The summed E-state index contributed by atoms with van der Waals surface area (Å²) in [5.74, 6) is 1.36. The maximum atomic E-state index is 6.02. The fourth-order valence-corrected chi connectivity index (χ4v) is 2.88. The fourth-order valence-electron chi connectivity index (χ4n) is 2.55. The van der Waals surface area contributed by atoms with Crippen LogP contribution in [-0.4, -0.2) is 16.7 Å². The zero-order valence-electron chi connectivity index (χ0n) is 11.6. The van der Waals surface area contributed by atoms with E-state index in [0.29, 0.717) is 22.4 Å². The SMILES string of the molecule is Clc1ccc(Cc2nc(C3CCCCCN3)no2)cc1Cl. The number of hydrogen-bond acceptors (Lipinski definition) is 4. The first-order valence-corrected chi connectivity index (χ1v) is 7.98. The van der Waals surface area contributed by atoms with Crippen molar-refractivity contribution in [1.29, 1.82) is 0 Å². The van der Waals surface area contributed by atoms with Crippen LogP contribution < -0.4 is 5.32 Å². The van der Waals surface area contributed by atoms with Crippen LogP contribution in [-0.2, 0) is 6.42 Å². The van der Waals surface area contributed by atoms with Crippen LogP contribution in [0, 0.1) is 0 Å². The van der Waals surface area contributed by atoms with Crippen molar-refractivity contribution in [2.45, 2.75) is 38.1 Å². The van der Waals surface area contributed by atoms with E-state index >= 15 is 0 Å². The van der Waals surface area contributed by atoms with Crippen molar-refractivity contribution in [2.75, 3.05) is 6.54 Å². The molecule has 2 aromatic rings. The van der Waals surface area contributed by atoms with Gasteiger partial charge in [0, 0.05) is 0 Å². The minimum Gasteiger partial charge on any atom is -0.339 e. The zero-order chi connectivity index (χ0) is 14.7. The molecule has 1 aliphatic heterocycles. The van der Waals surface area contributed by atoms with Gasteiger partial charge in [-0.3, -0.25) is 0 Å². The van der Waals surface area contributed by atoms with Gasteiger partial charge >= 0.3 is 0 Å². The van der Waals surface area contributed by atoms with Gasteiger partial charge in [-0.2, -0.15) is 4.98 Å². The molecule has 4 nitrogen and oxygen atoms in total. The summed E-state index contributed by atoms with van der Waals surface area (Å²) < 4.78 is 5.36. The topological polar surface area (TPSA) is 51.0 Å². The third-order valence-corrected chi connectivity index (χ3v) is 4.43. The van der Waals surface area contributed by atoms with E-state index in [-0.39, 0.29) is 6.04 Å². The van der Waals surface area contributed by atoms with Gasteiger partial charge in [0.25, 0.3) is 0 Å². The van der Waals surface area contributed by atoms with Gasteiger partial charge in [0.1, 0.15) is 0 Å². The Bertz CT molecular complexity index is 607. The standard InChI is InChI=1S/C15H17Cl2N3O/c16-11-6-5-10(8-12(11)17)9-14-19-15(20-21-14)13-4-2-1-3-7-18-13/h5-6,8,13,18H,1-4,7,9H2. The molecule has 0 spiro atoms. The van der Waals surface area contributed by atoms with E-state index in [1.807, 2.05) is 12.1 Å². The van der Waals surface area contributed by atoms with E-state index in [1.165, 1.54) is 19.3 Å². The molecule has 1 atom stereocenters. The molecule has 0 saturated carbocycles. The number of rotatable bonds is 3. The Morgan fingerprint density at radius 1 is 1.19 bits per heavy atom. The lowest BCUT2D eigenvalue weighted by atomic mass is 10.1. The maximum absolute atomic E-state index is 6.02. The number of nitrogens with one attached hydrogen (secondary N) is 1. The molecule has 21 heavy (non-hydrogen) atoms. The molecular weight excluding hydrogens is 309 g/mol. The first-order chi connectivity index (χ1) is 10.2. The first kappa shape index (κ1) is 14.8. The van der Waals surface area contributed by atoms with E-state index in [4.69, 9.17) is 27.7 Å². The van der Waals surface area contributed by atoms with E-state index < -0.39 is 0 Å². The minimum absolute atomic E-state index is 0.207. The van der Waals surface area contributed by atoms with Gasteiger partial charge in [-0.15, -0.1) is 0 Å². The second-order valence-corrected chi connectivity index (χ2v) is 6.14. The third kappa shape index (κ3) is 3.76. The van der Waals surface area contributed by atoms with Crippen molar-refractivity contribution in [3.05, 3.63) is 45.5 Å². The molecule has 1 unspecified atom stereocenters. The molecule has 0 bridgehead atoms. The lowest BCUT2D eigenvalue weighted by molar-refractivity contribution is 0.369. The molecule has 0 radical (unpaired) electrons. The van der Waals surface area contributed by atoms with Gasteiger partial charge in [0.15, 0.2) is 5.82 Å². The van der Waals surface area contributed by atoms with Crippen LogP contribution in [0.3, 0.4) is 0 Å². The summed E-state index contributed by atoms with van der Waals surface area (Å²) in [7, 11) is 0. The van der Waals surface area contributed by atoms with Crippen LogP contribution in [0.1, 0.15) is 49.0 Å². The highest BCUT2D eigenvalue weighted by molar-refractivity contribution is 6.42. The van der Waals surface area contributed by atoms with Crippen molar-refractivity contribution >= 4 is 23.2 Å². The van der Waals surface area contributed by atoms with Crippen LogP contribution in [0.5, 0.6) is 0 Å². The van der Waals surface area contributed by atoms with Crippen molar-refractivity contribution in [1.82, 2.24) is 15.5 Å². The molecule has 1 aromatic carbocycles. The van der Waals surface area contributed by atoms with Gasteiger partial charge in [0.05, 0.1) is 22.5 Å². The number of hydrogen-bond donors (Lipinski definition) is 1. The van der Waals surface area contributed by atoms with Crippen molar-refractivity contribution in [3.8, 4) is 0 Å². The highest BCUT2D eigenvalue weighted by atomic mass is 35.5. The van der Waals surface area contributed by atoms with Gasteiger partial charge in [-0.1, -0.05) is 47.3 Å². The molecule has 1 N–H and O–H groups in total. The molecule has 0 amide bonds. The average Bonchev–Trinajstić information content (AvgIpc) is 2.76. The Balaban J connectivity index is 1.70. The highest BCUT2D eigenvalue weighted by Gasteiger charge is 2.19.